The predicted octanol–water partition coefficient (Wildman–Crippen LogP) is 3.83. The Bertz CT molecular complexity index is 1240. The van der Waals surface area contributed by atoms with Crippen molar-refractivity contribution >= 4 is 32.7 Å². The van der Waals surface area contributed by atoms with Crippen molar-refractivity contribution in [2.24, 2.45) is 0 Å². The van der Waals surface area contributed by atoms with Crippen LogP contribution in [0.4, 0.5) is 4.39 Å². The number of ketones is 1. The number of carbonyl (C=O) groups excluding carboxylic acids is 2. The van der Waals surface area contributed by atoms with Gasteiger partial charge in [0.2, 0.25) is 15.8 Å². The maximum absolute atomic E-state index is 13.0. The Balaban J connectivity index is 1.54. The Hall–Kier alpha value is -3.04. The van der Waals surface area contributed by atoms with Crippen molar-refractivity contribution in [3.63, 3.8) is 0 Å². The lowest BCUT2D eigenvalue weighted by Crippen LogP contribution is -2.29. The minimum absolute atomic E-state index is 0.0303. The van der Waals surface area contributed by atoms with Crippen LogP contribution in [-0.2, 0) is 19.6 Å². The molecule has 0 aliphatic rings. The van der Waals surface area contributed by atoms with E-state index in [1.165, 1.54) is 26.1 Å². The third-order valence-corrected chi connectivity index (χ3v) is 7.06. The van der Waals surface area contributed by atoms with Gasteiger partial charge in [-0.05, 0) is 50.6 Å². The number of hydrogen-bond acceptors (Lipinski definition) is 5. The van der Waals surface area contributed by atoms with Crippen LogP contribution in [0.1, 0.15) is 35.8 Å². The maximum atomic E-state index is 13.0. The second-order valence-electron chi connectivity index (χ2n) is 7.55. The van der Waals surface area contributed by atoms with Crippen LogP contribution < -0.4 is 0 Å². The number of halogens is 1. The SMILES string of the molecule is Cc1[nH]c2ccccc2c1C(=O)C(C)OC(=O)CCCN(C)S(=O)(=O)c1ccc(F)cc1. The van der Waals surface area contributed by atoms with Gasteiger partial charge >= 0.3 is 5.97 Å². The molecule has 1 atom stereocenters. The van der Waals surface area contributed by atoms with Crippen molar-refractivity contribution < 1.29 is 27.1 Å². The Morgan fingerprint density at radius 2 is 1.78 bits per heavy atom. The van der Waals surface area contributed by atoms with Gasteiger partial charge in [-0.2, -0.15) is 0 Å². The van der Waals surface area contributed by atoms with Crippen LogP contribution in [0.3, 0.4) is 0 Å². The standard InChI is InChI=1S/C23H25FN2O5S/c1-15-22(19-7-4-5-8-20(19)25-15)23(28)16(2)31-21(27)9-6-14-26(3)32(29,30)18-12-10-17(24)11-13-18/h4-5,7-8,10-13,16,25H,6,9,14H2,1-3H3. The van der Waals surface area contributed by atoms with Crippen molar-refractivity contribution in [2.75, 3.05) is 13.6 Å². The summed E-state index contributed by atoms with van der Waals surface area (Å²) in [5.41, 5.74) is 2.02. The van der Waals surface area contributed by atoms with Crippen molar-refractivity contribution in [2.45, 2.75) is 37.7 Å². The molecule has 1 heterocycles. The number of fused-ring (bicyclic) bond motifs is 1. The summed E-state index contributed by atoms with van der Waals surface area (Å²) in [6, 6.07) is 11.9. The zero-order chi connectivity index (χ0) is 23.5. The first-order valence-corrected chi connectivity index (χ1v) is 11.6. The summed E-state index contributed by atoms with van der Waals surface area (Å²) < 4.78 is 44.4. The summed E-state index contributed by atoms with van der Waals surface area (Å²) in [6.45, 7) is 3.38. The molecule has 0 aliphatic carbocycles. The fourth-order valence-electron chi connectivity index (χ4n) is 3.46. The summed E-state index contributed by atoms with van der Waals surface area (Å²) >= 11 is 0. The number of nitrogens with one attached hydrogen (secondary N) is 1. The lowest BCUT2D eigenvalue weighted by Gasteiger charge is -2.17. The van der Waals surface area contributed by atoms with Gasteiger partial charge in [-0.25, -0.2) is 17.1 Å². The molecule has 9 heteroatoms. The molecule has 3 rings (SSSR count). The number of hydrogen-bond donors (Lipinski definition) is 1. The first-order valence-electron chi connectivity index (χ1n) is 10.1. The number of aryl methyl sites for hydroxylation is 1. The normalized spacial score (nSPS) is 12.8. The second-order valence-corrected chi connectivity index (χ2v) is 9.60. The zero-order valence-electron chi connectivity index (χ0n) is 18.1. The van der Waals surface area contributed by atoms with E-state index >= 15 is 0 Å². The fourth-order valence-corrected chi connectivity index (χ4v) is 4.67. The molecule has 0 spiro atoms. The van der Waals surface area contributed by atoms with Crippen LogP contribution in [0.2, 0.25) is 0 Å². The van der Waals surface area contributed by atoms with E-state index in [-0.39, 0.29) is 30.1 Å². The van der Waals surface area contributed by atoms with Crippen LogP contribution in [0.15, 0.2) is 53.4 Å². The highest BCUT2D eigenvalue weighted by atomic mass is 32.2. The van der Waals surface area contributed by atoms with Gasteiger partial charge in [-0.15, -0.1) is 0 Å². The number of Topliss-reactive ketones (excluding diaryl/α,β-unsaturated/α-hetero) is 1. The number of benzene rings is 2. The molecule has 0 saturated heterocycles. The minimum Gasteiger partial charge on any atom is -0.454 e. The summed E-state index contributed by atoms with van der Waals surface area (Å²) in [7, 11) is -2.40. The number of sulfonamides is 1. The van der Waals surface area contributed by atoms with Crippen molar-refractivity contribution in [3.05, 3.63) is 65.6 Å². The van der Waals surface area contributed by atoms with E-state index in [2.05, 4.69) is 4.98 Å². The Kier molecular flexibility index (Phi) is 7.10. The third kappa shape index (κ3) is 5.05. The summed E-state index contributed by atoms with van der Waals surface area (Å²) in [5, 5.41) is 0.769. The zero-order valence-corrected chi connectivity index (χ0v) is 18.9. The number of rotatable bonds is 9. The first kappa shape index (κ1) is 23.6. The number of H-pyrrole nitrogens is 1. The molecule has 3 aromatic rings. The molecular weight excluding hydrogens is 435 g/mol. The summed E-state index contributed by atoms with van der Waals surface area (Å²) in [5.74, 6) is -1.42. The van der Waals surface area contributed by atoms with Gasteiger partial charge in [0.05, 0.1) is 4.90 Å². The van der Waals surface area contributed by atoms with E-state index in [0.717, 1.165) is 27.3 Å². The average molecular weight is 461 g/mol. The van der Waals surface area contributed by atoms with Crippen molar-refractivity contribution in [1.29, 1.82) is 0 Å². The number of ether oxygens (including phenoxy) is 1. The topological polar surface area (TPSA) is 96.5 Å². The third-order valence-electron chi connectivity index (χ3n) is 5.19. The van der Waals surface area contributed by atoms with Gasteiger partial charge in [-0.1, -0.05) is 18.2 Å². The molecule has 1 aromatic heterocycles. The van der Waals surface area contributed by atoms with Gasteiger partial charge in [0, 0.05) is 42.2 Å². The van der Waals surface area contributed by atoms with E-state index < -0.39 is 27.9 Å². The highest BCUT2D eigenvalue weighted by Gasteiger charge is 2.25. The number of esters is 1. The van der Waals surface area contributed by atoms with E-state index in [4.69, 9.17) is 4.74 Å². The number of para-hydroxylation sites is 1. The molecule has 0 aliphatic heterocycles. The smallest absolute Gasteiger partial charge is 0.306 e. The molecule has 0 bridgehead atoms. The number of aromatic nitrogens is 1. The molecular formula is C23H25FN2O5S. The summed E-state index contributed by atoms with van der Waals surface area (Å²) in [6.07, 6.45) is -0.808. The van der Waals surface area contributed by atoms with Crippen molar-refractivity contribution in [1.82, 2.24) is 9.29 Å². The predicted molar refractivity (Wildman–Crippen MR) is 118 cm³/mol. The highest BCUT2D eigenvalue weighted by Crippen LogP contribution is 2.24. The average Bonchev–Trinajstić information content (AvgIpc) is 3.08. The van der Waals surface area contributed by atoms with E-state index in [9.17, 15) is 22.4 Å². The molecule has 0 radical (unpaired) electrons. The van der Waals surface area contributed by atoms with Gasteiger partial charge in [-0.3, -0.25) is 9.59 Å². The molecule has 170 valence electrons. The number of nitrogens with zero attached hydrogens (tertiary/aromatic N) is 1. The quantitative estimate of drug-likeness (QED) is 0.387. The van der Waals surface area contributed by atoms with Gasteiger partial charge in [0.1, 0.15) is 5.82 Å². The molecule has 0 amide bonds. The Morgan fingerprint density at radius 1 is 1.12 bits per heavy atom. The van der Waals surface area contributed by atoms with Gasteiger partial charge in [0.15, 0.2) is 6.10 Å². The van der Waals surface area contributed by atoms with E-state index in [1.807, 2.05) is 24.3 Å². The number of carbonyl (C=O) groups is 2. The first-order chi connectivity index (χ1) is 15.1. The van der Waals surface area contributed by atoms with Crippen LogP contribution >= 0.6 is 0 Å². The van der Waals surface area contributed by atoms with Crippen LogP contribution in [-0.4, -0.2) is 49.2 Å². The molecule has 2 aromatic carbocycles. The molecule has 0 fully saturated rings. The molecule has 1 unspecified atom stereocenters. The minimum atomic E-state index is -3.79. The van der Waals surface area contributed by atoms with Crippen LogP contribution in [0, 0.1) is 12.7 Å². The molecule has 32 heavy (non-hydrogen) atoms. The largest absolute Gasteiger partial charge is 0.454 e. The maximum Gasteiger partial charge on any atom is 0.306 e. The lowest BCUT2D eigenvalue weighted by atomic mass is 10.0. The highest BCUT2D eigenvalue weighted by molar-refractivity contribution is 7.89. The summed E-state index contributed by atoms with van der Waals surface area (Å²) in [4.78, 5) is 28.2. The molecule has 7 nitrogen and oxygen atoms in total. The number of aromatic amines is 1. The van der Waals surface area contributed by atoms with Gasteiger partial charge in [0.25, 0.3) is 0 Å². The van der Waals surface area contributed by atoms with Crippen LogP contribution in [0.5, 0.6) is 0 Å². The van der Waals surface area contributed by atoms with Crippen LogP contribution in [0.25, 0.3) is 10.9 Å². The fraction of sp³-hybridized carbons (Fsp3) is 0.304. The molecule has 0 saturated carbocycles. The van der Waals surface area contributed by atoms with E-state index in [0.29, 0.717) is 11.3 Å². The Morgan fingerprint density at radius 3 is 2.47 bits per heavy atom. The monoisotopic (exact) mass is 460 g/mol. The van der Waals surface area contributed by atoms with E-state index in [1.54, 1.807) is 6.92 Å². The van der Waals surface area contributed by atoms with Gasteiger partial charge < -0.3 is 9.72 Å². The second kappa shape index (κ2) is 9.62. The Labute approximate surface area is 186 Å². The molecule has 1 N–H and O–H groups in total. The van der Waals surface area contributed by atoms with Crippen molar-refractivity contribution in [3.8, 4) is 0 Å². The lowest BCUT2D eigenvalue weighted by molar-refractivity contribution is -0.146.